The summed E-state index contributed by atoms with van der Waals surface area (Å²) in [4.78, 5) is 13.3. The van der Waals surface area contributed by atoms with Gasteiger partial charge in [0, 0.05) is 25.6 Å². The first-order chi connectivity index (χ1) is 8.36. The zero-order valence-corrected chi connectivity index (χ0v) is 11.5. The molecule has 0 saturated carbocycles. The van der Waals surface area contributed by atoms with Gasteiger partial charge in [0.1, 0.15) is 0 Å². The molecule has 0 aromatic rings. The summed E-state index contributed by atoms with van der Waals surface area (Å²) >= 11 is 0. The van der Waals surface area contributed by atoms with Crippen LogP contribution in [-0.2, 0) is 14.8 Å². The molecule has 2 heterocycles. The number of hydrogen-bond donors (Lipinski definition) is 1. The van der Waals surface area contributed by atoms with Crippen molar-refractivity contribution in [2.24, 2.45) is 17.6 Å². The van der Waals surface area contributed by atoms with Crippen molar-refractivity contribution in [1.82, 2.24) is 9.21 Å². The molecule has 0 bridgehead atoms. The van der Waals surface area contributed by atoms with Crippen LogP contribution in [0.1, 0.15) is 12.8 Å². The molecule has 0 aromatic heterocycles. The first-order valence-corrected chi connectivity index (χ1v) is 8.18. The summed E-state index contributed by atoms with van der Waals surface area (Å²) in [6.45, 7) is 3.98. The molecule has 2 aliphatic heterocycles. The van der Waals surface area contributed by atoms with Crippen molar-refractivity contribution in [3.63, 3.8) is 0 Å². The average Bonchev–Trinajstić information content (AvgIpc) is 2.21. The monoisotopic (exact) mass is 275 g/mol. The summed E-state index contributed by atoms with van der Waals surface area (Å²) in [7, 11) is -3.01. The maximum Gasteiger partial charge on any atom is 0.220 e. The van der Waals surface area contributed by atoms with Crippen molar-refractivity contribution in [2.75, 3.05) is 39.0 Å². The molecule has 18 heavy (non-hydrogen) atoms. The van der Waals surface area contributed by atoms with Gasteiger partial charge in [-0.15, -0.1) is 0 Å². The Labute approximate surface area is 108 Å². The fraction of sp³-hybridized carbons (Fsp3) is 0.909. The van der Waals surface area contributed by atoms with Gasteiger partial charge >= 0.3 is 0 Å². The smallest absolute Gasteiger partial charge is 0.220 e. The minimum Gasteiger partial charge on any atom is -0.369 e. The standard InChI is InChI=1S/C11H21N3O3S/c1-18(16,17)14-7-9(8-14)6-13-4-2-10(3-5-13)11(12)15/h9-10H,2-8H2,1H3,(H2,12,15). The lowest BCUT2D eigenvalue weighted by Crippen LogP contribution is -2.54. The van der Waals surface area contributed by atoms with Gasteiger partial charge in [-0.2, -0.15) is 0 Å². The third-order valence-corrected chi connectivity index (χ3v) is 5.14. The minimum absolute atomic E-state index is 0.0233. The summed E-state index contributed by atoms with van der Waals surface area (Å²) in [6, 6.07) is 0. The fourth-order valence-electron chi connectivity index (χ4n) is 2.67. The largest absolute Gasteiger partial charge is 0.369 e. The Morgan fingerprint density at radius 3 is 2.28 bits per heavy atom. The average molecular weight is 275 g/mol. The van der Waals surface area contributed by atoms with Gasteiger partial charge in [-0.3, -0.25) is 4.79 Å². The molecule has 0 spiro atoms. The van der Waals surface area contributed by atoms with Gasteiger partial charge in [0.05, 0.1) is 6.26 Å². The van der Waals surface area contributed by atoms with Gasteiger partial charge in [-0.25, -0.2) is 12.7 Å². The second kappa shape index (κ2) is 5.14. The molecule has 0 radical (unpaired) electrons. The van der Waals surface area contributed by atoms with Crippen molar-refractivity contribution in [3.05, 3.63) is 0 Å². The maximum atomic E-state index is 11.2. The number of amides is 1. The highest BCUT2D eigenvalue weighted by atomic mass is 32.2. The highest BCUT2D eigenvalue weighted by molar-refractivity contribution is 7.88. The zero-order valence-electron chi connectivity index (χ0n) is 10.7. The highest BCUT2D eigenvalue weighted by Crippen LogP contribution is 2.23. The number of nitrogens with zero attached hydrogens (tertiary/aromatic N) is 2. The SMILES string of the molecule is CS(=O)(=O)N1CC(CN2CCC(C(N)=O)CC2)C1. The van der Waals surface area contributed by atoms with E-state index in [1.165, 1.54) is 10.6 Å². The van der Waals surface area contributed by atoms with E-state index in [0.29, 0.717) is 19.0 Å². The third-order valence-electron chi connectivity index (χ3n) is 3.90. The maximum absolute atomic E-state index is 11.2. The molecule has 0 aliphatic carbocycles. The predicted molar refractivity (Wildman–Crippen MR) is 68.3 cm³/mol. The third kappa shape index (κ3) is 3.21. The summed E-state index contributed by atoms with van der Waals surface area (Å²) < 4.78 is 24.0. The Balaban J connectivity index is 1.70. The molecule has 104 valence electrons. The first kappa shape index (κ1) is 13.8. The van der Waals surface area contributed by atoms with Crippen LogP contribution in [-0.4, -0.2) is 62.5 Å². The number of rotatable bonds is 4. The van der Waals surface area contributed by atoms with Crippen molar-refractivity contribution in [2.45, 2.75) is 12.8 Å². The Kier molecular flexibility index (Phi) is 3.93. The molecular formula is C11H21N3O3S. The molecule has 2 rings (SSSR count). The number of sulfonamides is 1. The fourth-order valence-corrected chi connectivity index (χ4v) is 3.64. The molecule has 2 fully saturated rings. The number of likely N-dealkylation sites (tertiary alicyclic amines) is 1. The number of carbonyl (C=O) groups excluding carboxylic acids is 1. The Bertz CT molecular complexity index is 409. The first-order valence-electron chi connectivity index (χ1n) is 6.33. The lowest BCUT2D eigenvalue weighted by atomic mass is 9.94. The molecular weight excluding hydrogens is 254 g/mol. The van der Waals surface area contributed by atoms with Crippen LogP contribution in [0.5, 0.6) is 0 Å². The quantitative estimate of drug-likeness (QED) is 0.719. The van der Waals surface area contributed by atoms with E-state index in [1.807, 2.05) is 0 Å². The van der Waals surface area contributed by atoms with E-state index < -0.39 is 10.0 Å². The normalized spacial score (nSPS) is 24.9. The van der Waals surface area contributed by atoms with Crippen LogP contribution in [0.4, 0.5) is 0 Å². The van der Waals surface area contributed by atoms with Crippen LogP contribution in [0, 0.1) is 11.8 Å². The molecule has 6 nitrogen and oxygen atoms in total. The van der Waals surface area contributed by atoms with Crippen molar-refractivity contribution in [3.8, 4) is 0 Å². The zero-order chi connectivity index (χ0) is 13.3. The number of piperidine rings is 1. The molecule has 2 saturated heterocycles. The Morgan fingerprint density at radius 1 is 1.28 bits per heavy atom. The molecule has 1 amide bonds. The number of hydrogen-bond acceptors (Lipinski definition) is 4. The number of primary amides is 1. The molecule has 7 heteroatoms. The van der Waals surface area contributed by atoms with Crippen LogP contribution in [0.15, 0.2) is 0 Å². The molecule has 2 N–H and O–H groups in total. The second-order valence-electron chi connectivity index (χ2n) is 5.42. The Hall–Kier alpha value is -0.660. The van der Waals surface area contributed by atoms with E-state index in [0.717, 1.165) is 32.5 Å². The number of nitrogens with two attached hydrogens (primary N) is 1. The van der Waals surface area contributed by atoms with Gasteiger partial charge < -0.3 is 10.6 Å². The van der Waals surface area contributed by atoms with E-state index in [4.69, 9.17) is 5.73 Å². The molecule has 2 aliphatic rings. The van der Waals surface area contributed by atoms with Crippen LogP contribution in [0.3, 0.4) is 0 Å². The van der Waals surface area contributed by atoms with Gasteiger partial charge in [-0.05, 0) is 31.8 Å². The van der Waals surface area contributed by atoms with E-state index >= 15 is 0 Å². The van der Waals surface area contributed by atoms with Gasteiger partial charge in [0.25, 0.3) is 0 Å². The summed E-state index contributed by atoms with van der Waals surface area (Å²) in [6.07, 6.45) is 2.91. The lowest BCUT2D eigenvalue weighted by molar-refractivity contribution is -0.123. The van der Waals surface area contributed by atoms with Crippen molar-refractivity contribution >= 4 is 15.9 Å². The van der Waals surface area contributed by atoms with Gasteiger partial charge in [0.15, 0.2) is 0 Å². The number of carbonyl (C=O) groups is 1. The van der Waals surface area contributed by atoms with E-state index in [1.54, 1.807) is 0 Å². The molecule has 0 unspecified atom stereocenters. The van der Waals surface area contributed by atoms with Gasteiger partial charge in [-0.1, -0.05) is 0 Å². The van der Waals surface area contributed by atoms with E-state index in [9.17, 15) is 13.2 Å². The summed E-state index contributed by atoms with van der Waals surface area (Å²) in [5, 5.41) is 0. The van der Waals surface area contributed by atoms with Crippen LogP contribution >= 0.6 is 0 Å². The lowest BCUT2D eigenvalue weighted by Gasteiger charge is -2.41. The summed E-state index contributed by atoms with van der Waals surface area (Å²) in [5.74, 6) is 0.265. The predicted octanol–water partition coefficient (Wildman–Crippen LogP) is -0.925. The van der Waals surface area contributed by atoms with E-state index in [2.05, 4.69) is 4.90 Å². The Morgan fingerprint density at radius 2 is 1.83 bits per heavy atom. The van der Waals surface area contributed by atoms with Crippen LogP contribution in [0.25, 0.3) is 0 Å². The van der Waals surface area contributed by atoms with Crippen molar-refractivity contribution < 1.29 is 13.2 Å². The van der Waals surface area contributed by atoms with Gasteiger partial charge in [0.2, 0.25) is 15.9 Å². The van der Waals surface area contributed by atoms with Crippen LogP contribution in [0.2, 0.25) is 0 Å². The molecule has 0 atom stereocenters. The highest BCUT2D eigenvalue weighted by Gasteiger charge is 2.35. The van der Waals surface area contributed by atoms with Crippen LogP contribution < -0.4 is 5.73 Å². The second-order valence-corrected chi connectivity index (χ2v) is 7.41. The molecule has 0 aromatic carbocycles. The van der Waals surface area contributed by atoms with Crippen molar-refractivity contribution in [1.29, 1.82) is 0 Å². The summed E-state index contributed by atoms with van der Waals surface area (Å²) in [5.41, 5.74) is 5.29. The van der Waals surface area contributed by atoms with E-state index in [-0.39, 0.29) is 11.8 Å². The topological polar surface area (TPSA) is 83.7 Å². The minimum atomic E-state index is -3.01.